The van der Waals surface area contributed by atoms with Crippen molar-refractivity contribution in [3.8, 4) is 5.75 Å². The molecule has 202 valence electrons. The van der Waals surface area contributed by atoms with E-state index in [2.05, 4.69) is 5.18 Å². The molecule has 0 bridgehead atoms. The van der Waals surface area contributed by atoms with Crippen molar-refractivity contribution in [2.24, 2.45) is 5.18 Å². The van der Waals surface area contributed by atoms with E-state index < -0.39 is 40.3 Å². The highest BCUT2D eigenvalue weighted by molar-refractivity contribution is 7.99. The van der Waals surface area contributed by atoms with Crippen LogP contribution < -0.4 is 9.64 Å². The minimum atomic E-state index is -1.64. The van der Waals surface area contributed by atoms with Crippen LogP contribution in [0.25, 0.3) is 0 Å². The number of fused-ring (bicyclic) bond motifs is 1. The third kappa shape index (κ3) is 6.65. The number of amides is 1. The Morgan fingerprint density at radius 1 is 1.11 bits per heavy atom. The number of hydrogen-bond donors (Lipinski definition) is 0. The Morgan fingerprint density at radius 3 is 2.37 bits per heavy atom. The molecule has 1 aliphatic heterocycles. The van der Waals surface area contributed by atoms with Crippen molar-refractivity contribution in [1.29, 1.82) is 0 Å². The molecule has 0 aliphatic carbocycles. The lowest BCUT2D eigenvalue weighted by Crippen LogP contribution is -2.46. The van der Waals surface area contributed by atoms with Gasteiger partial charge in [-0.2, -0.15) is 0 Å². The molecular weight excluding hydrogens is 510 g/mol. The number of ether oxygens (including phenoxy) is 2. The fourth-order valence-corrected chi connectivity index (χ4v) is 5.31. The number of anilines is 1. The van der Waals surface area contributed by atoms with Crippen LogP contribution in [-0.2, 0) is 23.9 Å². The molecule has 10 nitrogen and oxygen atoms in total. The van der Waals surface area contributed by atoms with Crippen molar-refractivity contribution >= 4 is 40.9 Å². The van der Waals surface area contributed by atoms with E-state index in [1.807, 2.05) is 36.4 Å². The summed E-state index contributed by atoms with van der Waals surface area (Å²) in [6, 6.07) is 14.6. The van der Waals surface area contributed by atoms with Gasteiger partial charge in [-0.25, -0.2) is 0 Å². The zero-order valence-corrected chi connectivity index (χ0v) is 22.8. The third-order valence-corrected chi connectivity index (χ3v) is 7.46. The molecule has 0 aromatic heterocycles. The van der Waals surface area contributed by atoms with Crippen LogP contribution >= 0.6 is 11.8 Å². The van der Waals surface area contributed by atoms with E-state index in [9.17, 15) is 24.1 Å². The van der Waals surface area contributed by atoms with Crippen LogP contribution in [-0.4, -0.2) is 73.8 Å². The molecule has 11 heteroatoms. The zero-order valence-electron chi connectivity index (χ0n) is 22.0. The quantitative estimate of drug-likeness (QED) is 0.239. The number of para-hydroxylation sites is 1. The van der Waals surface area contributed by atoms with Crippen LogP contribution in [0.3, 0.4) is 0 Å². The second-order valence-electron chi connectivity index (χ2n) is 9.44. The summed E-state index contributed by atoms with van der Waals surface area (Å²) in [5, 5.41) is 2.23. The predicted molar refractivity (Wildman–Crippen MR) is 143 cm³/mol. The van der Waals surface area contributed by atoms with Gasteiger partial charge in [-0.15, -0.1) is 16.7 Å². The molecule has 0 saturated heterocycles. The van der Waals surface area contributed by atoms with Crippen molar-refractivity contribution in [2.45, 2.75) is 42.6 Å². The Hall–Kier alpha value is -3.57. The first-order valence-electron chi connectivity index (χ1n) is 12.0. The van der Waals surface area contributed by atoms with Gasteiger partial charge in [0.05, 0.1) is 24.6 Å². The molecule has 2 aromatic carbocycles. The first kappa shape index (κ1) is 29.0. The summed E-state index contributed by atoms with van der Waals surface area (Å²) in [5.41, 5.74) is -0.194. The van der Waals surface area contributed by atoms with Gasteiger partial charge in [0.25, 0.3) is 5.91 Å². The first-order chi connectivity index (χ1) is 18.0. The van der Waals surface area contributed by atoms with Crippen LogP contribution in [0.1, 0.15) is 31.6 Å². The number of nitroso groups, excluding NO2 is 1. The van der Waals surface area contributed by atoms with E-state index in [1.165, 1.54) is 32.5 Å². The summed E-state index contributed by atoms with van der Waals surface area (Å²) in [6.45, 7) is 4.00. The smallest absolute Gasteiger partial charge is 0.303 e. The molecule has 1 aliphatic rings. The van der Waals surface area contributed by atoms with E-state index in [4.69, 9.17) is 9.47 Å². The summed E-state index contributed by atoms with van der Waals surface area (Å²) in [4.78, 5) is 65.5. The van der Waals surface area contributed by atoms with E-state index in [-0.39, 0.29) is 19.6 Å². The number of ketones is 2. The number of hydrogen-bond acceptors (Lipinski definition) is 10. The Labute approximate surface area is 225 Å². The summed E-state index contributed by atoms with van der Waals surface area (Å²) in [7, 11) is 3.20. The minimum absolute atomic E-state index is 0.163. The molecule has 1 amide bonds. The summed E-state index contributed by atoms with van der Waals surface area (Å²) in [5.74, 6) is -1.94. The highest BCUT2D eigenvalue weighted by Gasteiger charge is 2.41. The molecule has 2 atom stereocenters. The van der Waals surface area contributed by atoms with Crippen LogP contribution in [0.5, 0.6) is 5.75 Å². The van der Waals surface area contributed by atoms with Crippen molar-refractivity contribution in [3.63, 3.8) is 0 Å². The average molecular weight is 542 g/mol. The lowest BCUT2D eigenvalue weighted by Gasteiger charge is -2.29. The average Bonchev–Trinajstić information content (AvgIpc) is 3.01. The molecule has 1 heterocycles. The van der Waals surface area contributed by atoms with Gasteiger partial charge in [0.15, 0.2) is 11.6 Å². The number of thioether (sulfide) groups is 1. The molecule has 0 radical (unpaired) electrons. The molecule has 3 rings (SSSR count). The zero-order chi connectivity index (χ0) is 28.0. The molecule has 38 heavy (non-hydrogen) atoms. The molecule has 0 fully saturated rings. The first-order valence-corrected chi connectivity index (χ1v) is 12.9. The molecule has 0 N–H and O–H groups in total. The topological polar surface area (TPSA) is 123 Å². The lowest BCUT2D eigenvalue weighted by molar-refractivity contribution is -0.152. The summed E-state index contributed by atoms with van der Waals surface area (Å²) in [6.07, 6.45) is -1.11. The maximum absolute atomic E-state index is 13.9. The Kier molecular flexibility index (Phi) is 9.40. The van der Waals surface area contributed by atoms with Crippen LogP contribution in [0, 0.1) is 4.91 Å². The van der Waals surface area contributed by atoms with Gasteiger partial charge >= 0.3 is 5.97 Å². The van der Waals surface area contributed by atoms with Gasteiger partial charge in [-0.3, -0.25) is 24.1 Å². The normalized spacial score (nSPS) is 17.4. The van der Waals surface area contributed by atoms with Gasteiger partial charge < -0.3 is 14.4 Å². The number of carbonyl (C=O) groups is 4. The molecule has 0 saturated carbocycles. The predicted octanol–water partition coefficient (Wildman–Crippen LogP) is 3.42. The van der Waals surface area contributed by atoms with E-state index in [0.717, 1.165) is 10.5 Å². The fraction of sp³-hybridized carbons (Fsp3) is 0.407. The molecular formula is C27H31N3O7S. The number of Topliss-reactive ketones (excluding diaryl/α,β-unsaturated/α-hetero) is 2. The maximum Gasteiger partial charge on any atom is 0.303 e. The van der Waals surface area contributed by atoms with Gasteiger partial charge in [0.2, 0.25) is 11.6 Å². The number of carbonyl (C=O) groups excluding carboxylic acids is 4. The van der Waals surface area contributed by atoms with Crippen LogP contribution in [0.15, 0.2) is 58.6 Å². The fourth-order valence-electron chi connectivity index (χ4n) is 3.99. The molecule has 0 spiro atoms. The van der Waals surface area contributed by atoms with Gasteiger partial charge in [-0.05, 0) is 50.7 Å². The standard InChI is InChI=1S/C27H31N3O7S/c1-17(31)37-23-24(18-10-12-19(36-5)13-11-18)38-22-9-7-6-8-20(22)30(26(23)34)15-14-29(4)16-21(32)25(33)27(2,3)28-35/h6-13,23-24H,14-16H2,1-5H3/t23?,24-/m0/s1. The van der Waals surface area contributed by atoms with Crippen LogP contribution in [0.2, 0.25) is 0 Å². The number of likely N-dealkylation sites (N-methyl/N-ethyl adjacent to an activating group) is 1. The summed E-state index contributed by atoms with van der Waals surface area (Å²) >= 11 is 1.42. The van der Waals surface area contributed by atoms with Gasteiger partial charge in [0, 0.05) is 24.9 Å². The van der Waals surface area contributed by atoms with Crippen molar-refractivity contribution in [1.82, 2.24) is 4.90 Å². The van der Waals surface area contributed by atoms with Crippen molar-refractivity contribution < 1.29 is 28.7 Å². The maximum atomic E-state index is 13.9. The van der Waals surface area contributed by atoms with Crippen molar-refractivity contribution in [2.75, 3.05) is 38.7 Å². The largest absolute Gasteiger partial charge is 0.497 e. The molecule has 1 unspecified atom stereocenters. The van der Waals surface area contributed by atoms with E-state index >= 15 is 0 Å². The second-order valence-corrected chi connectivity index (χ2v) is 10.6. The number of methoxy groups -OCH3 is 1. The molecule has 2 aromatic rings. The minimum Gasteiger partial charge on any atom is -0.497 e. The third-order valence-electron chi connectivity index (χ3n) is 6.09. The van der Waals surface area contributed by atoms with Crippen LogP contribution in [0.4, 0.5) is 5.69 Å². The highest BCUT2D eigenvalue weighted by Crippen LogP contribution is 2.46. The number of benzene rings is 2. The Balaban J connectivity index is 1.88. The lowest BCUT2D eigenvalue weighted by atomic mass is 9.97. The number of rotatable bonds is 11. The SMILES string of the molecule is COc1ccc([C@@H]2Sc3ccccc3N(CCN(C)CC(=O)C(=O)C(C)(C)N=O)C(=O)C2OC(C)=O)cc1. The van der Waals surface area contributed by atoms with Gasteiger partial charge in [-0.1, -0.05) is 29.4 Å². The number of esters is 1. The van der Waals surface area contributed by atoms with Crippen molar-refractivity contribution in [3.05, 3.63) is 59.0 Å². The Morgan fingerprint density at radius 2 is 1.76 bits per heavy atom. The van der Waals surface area contributed by atoms with E-state index in [0.29, 0.717) is 11.4 Å². The second kappa shape index (κ2) is 12.3. The highest BCUT2D eigenvalue weighted by atomic mass is 32.2. The number of nitrogens with zero attached hydrogens (tertiary/aromatic N) is 3. The summed E-state index contributed by atoms with van der Waals surface area (Å²) < 4.78 is 10.8. The van der Waals surface area contributed by atoms with Gasteiger partial charge in [0.1, 0.15) is 5.75 Å². The monoisotopic (exact) mass is 541 g/mol. The van der Waals surface area contributed by atoms with E-state index in [1.54, 1.807) is 36.1 Å². The Bertz CT molecular complexity index is 1220.